The number of halogens is 1. The highest BCUT2D eigenvalue weighted by Gasteiger charge is 2.15. The van der Waals surface area contributed by atoms with Crippen molar-refractivity contribution in [2.45, 2.75) is 51.6 Å². The van der Waals surface area contributed by atoms with Gasteiger partial charge in [-0.15, -0.1) is 24.0 Å². The fraction of sp³-hybridized carbons (Fsp3) is 0.688. The summed E-state index contributed by atoms with van der Waals surface area (Å²) in [4.78, 5) is 16.5. The number of amides is 1. The van der Waals surface area contributed by atoms with Crippen LogP contribution in [0.2, 0.25) is 0 Å². The van der Waals surface area contributed by atoms with E-state index >= 15 is 0 Å². The number of aliphatic imine (C=N–C) groups is 1. The van der Waals surface area contributed by atoms with E-state index in [4.69, 9.17) is 0 Å². The molecule has 1 saturated carbocycles. The van der Waals surface area contributed by atoms with Crippen LogP contribution in [0.5, 0.6) is 0 Å². The van der Waals surface area contributed by atoms with Crippen LogP contribution in [0.15, 0.2) is 17.3 Å². The molecule has 1 aliphatic carbocycles. The van der Waals surface area contributed by atoms with Gasteiger partial charge in [0.25, 0.3) is 0 Å². The van der Waals surface area contributed by atoms with E-state index in [0.29, 0.717) is 18.5 Å². The van der Waals surface area contributed by atoms with E-state index in [0.717, 1.165) is 25.1 Å². The third kappa shape index (κ3) is 7.06. The maximum atomic E-state index is 12.0. The van der Waals surface area contributed by atoms with Gasteiger partial charge in [0.05, 0.1) is 18.8 Å². The highest BCUT2D eigenvalue weighted by molar-refractivity contribution is 14.0. The smallest absolute Gasteiger partial charge is 0.239 e. The Morgan fingerprint density at radius 1 is 1.33 bits per heavy atom. The topological polar surface area (TPSA) is 83.3 Å². The van der Waals surface area contributed by atoms with Gasteiger partial charge in [-0.2, -0.15) is 5.10 Å². The van der Waals surface area contributed by atoms with Crippen LogP contribution >= 0.6 is 24.0 Å². The molecular formula is C16H29IN6O. The summed E-state index contributed by atoms with van der Waals surface area (Å²) >= 11 is 0. The molecule has 1 amide bonds. The highest BCUT2D eigenvalue weighted by Crippen LogP contribution is 2.17. The van der Waals surface area contributed by atoms with Gasteiger partial charge < -0.3 is 16.0 Å². The molecule has 0 spiro atoms. The van der Waals surface area contributed by atoms with Crippen molar-refractivity contribution in [1.82, 2.24) is 25.7 Å². The number of rotatable bonds is 6. The Hall–Kier alpha value is -1.32. The van der Waals surface area contributed by atoms with Crippen molar-refractivity contribution in [2.75, 3.05) is 13.1 Å². The minimum Gasteiger partial charge on any atom is -0.357 e. The molecule has 136 valence electrons. The van der Waals surface area contributed by atoms with Crippen LogP contribution in [0, 0.1) is 0 Å². The van der Waals surface area contributed by atoms with E-state index in [1.54, 1.807) is 10.9 Å². The second-order valence-corrected chi connectivity index (χ2v) is 5.90. The Balaban J connectivity index is 0.00000288. The Labute approximate surface area is 161 Å². The molecule has 2 rings (SSSR count). The van der Waals surface area contributed by atoms with Gasteiger partial charge in [-0.3, -0.25) is 9.48 Å². The van der Waals surface area contributed by atoms with Crippen molar-refractivity contribution < 1.29 is 4.79 Å². The lowest BCUT2D eigenvalue weighted by Gasteiger charge is -2.23. The zero-order valence-corrected chi connectivity index (χ0v) is 16.9. The maximum Gasteiger partial charge on any atom is 0.239 e. The Morgan fingerprint density at radius 2 is 2.08 bits per heavy atom. The second kappa shape index (κ2) is 11.3. The first-order valence-electron chi connectivity index (χ1n) is 8.47. The monoisotopic (exact) mass is 448 g/mol. The number of nitrogens with zero attached hydrogens (tertiary/aromatic N) is 3. The van der Waals surface area contributed by atoms with Gasteiger partial charge in [-0.1, -0.05) is 19.3 Å². The maximum absolute atomic E-state index is 12.0. The number of carbonyl (C=O) groups excluding carboxylic acids is 1. The third-order valence-electron chi connectivity index (χ3n) is 4.05. The zero-order valence-electron chi connectivity index (χ0n) is 14.5. The number of guanidine groups is 1. The van der Waals surface area contributed by atoms with Gasteiger partial charge in [0.1, 0.15) is 0 Å². The van der Waals surface area contributed by atoms with Crippen molar-refractivity contribution in [3.8, 4) is 0 Å². The number of aromatic nitrogens is 2. The number of hydrogen-bond acceptors (Lipinski definition) is 3. The number of nitrogens with one attached hydrogen (secondary N) is 3. The largest absolute Gasteiger partial charge is 0.357 e. The van der Waals surface area contributed by atoms with Gasteiger partial charge in [0, 0.05) is 25.8 Å². The van der Waals surface area contributed by atoms with Crippen LogP contribution in [0.3, 0.4) is 0 Å². The standard InChI is InChI=1S/C16H28N6O.HI/c1-3-17-16(18-11-14-9-10-20-22(14)2)19-12-15(23)21-13-7-5-4-6-8-13;/h9-10,13H,3-8,11-12H2,1-2H3,(H,21,23)(H2,17,18,19);1H. The molecule has 1 aromatic heterocycles. The summed E-state index contributed by atoms with van der Waals surface area (Å²) < 4.78 is 1.79. The lowest BCUT2D eigenvalue weighted by molar-refractivity contribution is -0.120. The van der Waals surface area contributed by atoms with E-state index in [1.807, 2.05) is 20.0 Å². The van der Waals surface area contributed by atoms with E-state index in [2.05, 4.69) is 26.0 Å². The predicted molar refractivity (Wildman–Crippen MR) is 106 cm³/mol. The van der Waals surface area contributed by atoms with Crippen LogP contribution in [-0.4, -0.2) is 40.8 Å². The first-order valence-corrected chi connectivity index (χ1v) is 8.47. The molecule has 0 atom stereocenters. The normalized spacial score (nSPS) is 15.5. The van der Waals surface area contributed by atoms with Crippen LogP contribution in [0.1, 0.15) is 44.7 Å². The van der Waals surface area contributed by atoms with E-state index in [1.165, 1.54) is 19.3 Å². The Kier molecular flexibility index (Phi) is 9.73. The van der Waals surface area contributed by atoms with Gasteiger partial charge in [-0.05, 0) is 25.8 Å². The molecule has 0 aromatic carbocycles. The first kappa shape index (κ1) is 20.7. The third-order valence-corrected chi connectivity index (χ3v) is 4.05. The Bertz CT molecular complexity index is 524. The molecule has 24 heavy (non-hydrogen) atoms. The van der Waals surface area contributed by atoms with Crippen LogP contribution in [-0.2, 0) is 18.4 Å². The lowest BCUT2D eigenvalue weighted by atomic mass is 9.95. The van der Waals surface area contributed by atoms with Gasteiger partial charge in [0.2, 0.25) is 5.91 Å². The van der Waals surface area contributed by atoms with Crippen LogP contribution in [0.25, 0.3) is 0 Å². The summed E-state index contributed by atoms with van der Waals surface area (Å²) in [6, 6.07) is 2.27. The van der Waals surface area contributed by atoms with Crippen molar-refractivity contribution in [3.05, 3.63) is 18.0 Å². The van der Waals surface area contributed by atoms with Crippen molar-refractivity contribution >= 4 is 35.8 Å². The predicted octanol–water partition coefficient (Wildman–Crippen LogP) is 1.54. The van der Waals surface area contributed by atoms with Crippen molar-refractivity contribution in [2.24, 2.45) is 12.0 Å². The summed E-state index contributed by atoms with van der Waals surface area (Å²) in [5.41, 5.74) is 1.02. The molecule has 3 N–H and O–H groups in total. The molecule has 7 nitrogen and oxygen atoms in total. The average Bonchev–Trinajstić information content (AvgIpc) is 2.96. The summed E-state index contributed by atoms with van der Waals surface area (Å²) in [5, 5.41) is 13.5. The summed E-state index contributed by atoms with van der Waals surface area (Å²) in [6.45, 7) is 3.52. The van der Waals surface area contributed by atoms with Crippen LogP contribution < -0.4 is 16.0 Å². The average molecular weight is 448 g/mol. The first-order chi connectivity index (χ1) is 11.2. The fourth-order valence-corrected chi connectivity index (χ4v) is 2.75. The lowest BCUT2D eigenvalue weighted by Crippen LogP contribution is -2.46. The van der Waals surface area contributed by atoms with E-state index < -0.39 is 0 Å². The van der Waals surface area contributed by atoms with Crippen molar-refractivity contribution in [3.63, 3.8) is 0 Å². The number of hydrogen-bond donors (Lipinski definition) is 3. The van der Waals surface area contributed by atoms with Crippen molar-refractivity contribution in [1.29, 1.82) is 0 Å². The molecule has 0 saturated heterocycles. The van der Waals surface area contributed by atoms with Gasteiger partial charge >= 0.3 is 0 Å². The summed E-state index contributed by atoms with van der Waals surface area (Å²) in [7, 11) is 1.89. The van der Waals surface area contributed by atoms with Gasteiger partial charge in [-0.25, -0.2) is 4.99 Å². The molecule has 1 heterocycles. The number of carbonyl (C=O) groups is 1. The highest BCUT2D eigenvalue weighted by atomic mass is 127. The molecule has 0 unspecified atom stereocenters. The quantitative estimate of drug-likeness (QED) is 0.350. The zero-order chi connectivity index (χ0) is 16.5. The molecule has 0 aliphatic heterocycles. The second-order valence-electron chi connectivity index (χ2n) is 5.90. The summed E-state index contributed by atoms with van der Waals surface area (Å²) in [6.07, 6.45) is 7.67. The van der Waals surface area contributed by atoms with Crippen LogP contribution in [0.4, 0.5) is 0 Å². The molecule has 1 aliphatic rings. The summed E-state index contributed by atoms with van der Waals surface area (Å²) in [5.74, 6) is 0.676. The SMILES string of the molecule is CCNC(=NCc1ccnn1C)NCC(=O)NC1CCCCC1.I. The fourth-order valence-electron chi connectivity index (χ4n) is 2.75. The molecular weight excluding hydrogens is 419 g/mol. The molecule has 0 bridgehead atoms. The molecule has 8 heteroatoms. The van der Waals surface area contributed by atoms with Gasteiger partial charge in [0.15, 0.2) is 5.96 Å². The molecule has 1 fully saturated rings. The molecule has 1 aromatic rings. The minimum absolute atomic E-state index is 0. The number of aryl methyl sites for hydroxylation is 1. The Morgan fingerprint density at radius 3 is 2.71 bits per heavy atom. The van der Waals surface area contributed by atoms with E-state index in [9.17, 15) is 4.79 Å². The molecule has 0 radical (unpaired) electrons. The minimum atomic E-state index is 0. The van der Waals surface area contributed by atoms with E-state index in [-0.39, 0.29) is 36.4 Å².